The van der Waals surface area contributed by atoms with Gasteiger partial charge in [0.15, 0.2) is 0 Å². The van der Waals surface area contributed by atoms with Crippen molar-refractivity contribution in [1.29, 1.82) is 0 Å². The zero-order valence-corrected chi connectivity index (χ0v) is 15.5. The normalized spacial score (nSPS) is 10.5. The lowest BCUT2D eigenvalue weighted by atomic mass is 10.2. The van der Waals surface area contributed by atoms with E-state index >= 15 is 0 Å². The molecule has 1 aromatic carbocycles. The molecule has 2 aromatic rings. The number of hydrogen-bond acceptors (Lipinski definition) is 4. The molecular weight excluding hydrogens is 334 g/mol. The second kappa shape index (κ2) is 9.00. The van der Waals surface area contributed by atoms with E-state index < -0.39 is 0 Å². The SMILES string of the molecule is COCCn1nc(C)c(CNC(=O)Nc2ccc(NC(C)=O)cc2)c1C. The maximum Gasteiger partial charge on any atom is 0.319 e. The van der Waals surface area contributed by atoms with E-state index in [1.54, 1.807) is 31.4 Å². The number of urea groups is 1. The van der Waals surface area contributed by atoms with Crippen LogP contribution < -0.4 is 16.0 Å². The number of nitrogens with zero attached hydrogens (tertiary/aromatic N) is 2. The molecule has 0 atom stereocenters. The van der Waals surface area contributed by atoms with E-state index in [9.17, 15) is 9.59 Å². The summed E-state index contributed by atoms with van der Waals surface area (Å²) in [6, 6.07) is 6.60. The van der Waals surface area contributed by atoms with E-state index in [0.717, 1.165) is 17.0 Å². The van der Waals surface area contributed by atoms with Crippen LogP contribution in [0.4, 0.5) is 16.2 Å². The van der Waals surface area contributed by atoms with Gasteiger partial charge in [-0.15, -0.1) is 0 Å². The molecule has 0 radical (unpaired) electrons. The summed E-state index contributed by atoms with van der Waals surface area (Å²) in [6.07, 6.45) is 0. The van der Waals surface area contributed by atoms with Gasteiger partial charge in [-0.05, 0) is 38.1 Å². The monoisotopic (exact) mass is 359 g/mol. The average Bonchev–Trinajstić information content (AvgIpc) is 2.86. The summed E-state index contributed by atoms with van der Waals surface area (Å²) in [7, 11) is 1.65. The molecule has 1 aromatic heterocycles. The van der Waals surface area contributed by atoms with Crippen LogP contribution in [0.15, 0.2) is 24.3 Å². The first-order valence-corrected chi connectivity index (χ1v) is 8.35. The Morgan fingerprint density at radius 1 is 1.12 bits per heavy atom. The molecular formula is C18H25N5O3. The number of ether oxygens (including phenoxy) is 1. The second-order valence-electron chi connectivity index (χ2n) is 5.93. The molecule has 0 bridgehead atoms. The molecule has 3 N–H and O–H groups in total. The summed E-state index contributed by atoms with van der Waals surface area (Å²) in [6.45, 7) is 7.00. The van der Waals surface area contributed by atoms with Crippen molar-refractivity contribution in [2.45, 2.75) is 33.9 Å². The van der Waals surface area contributed by atoms with Crippen LogP contribution in [0, 0.1) is 13.8 Å². The van der Waals surface area contributed by atoms with Crippen molar-refractivity contribution >= 4 is 23.3 Å². The number of aromatic nitrogens is 2. The van der Waals surface area contributed by atoms with E-state index in [0.29, 0.717) is 31.1 Å². The van der Waals surface area contributed by atoms with Gasteiger partial charge in [0.2, 0.25) is 5.91 Å². The largest absolute Gasteiger partial charge is 0.383 e. The smallest absolute Gasteiger partial charge is 0.319 e. The average molecular weight is 359 g/mol. The zero-order chi connectivity index (χ0) is 19.1. The Labute approximate surface area is 152 Å². The van der Waals surface area contributed by atoms with E-state index in [4.69, 9.17) is 4.74 Å². The van der Waals surface area contributed by atoms with Crippen LogP contribution in [0.25, 0.3) is 0 Å². The van der Waals surface area contributed by atoms with Gasteiger partial charge in [-0.25, -0.2) is 4.79 Å². The van der Waals surface area contributed by atoms with Crippen molar-refractivity contribution in [3.05, 3.63) is 41.2 Å². The summed E-state index contributed by atoms with van der Waals surface area (Å²) >= 11 is 0. The first-order valence-electron chi connectivity index (χ1n) is 8.35. The lowest BCUT2D eigenvalue weighted by Gasteiger charge is -2.09. The molecule has 0 aliphatic heterocycles. The summed E-state index contributed by atoms with van der Waals surface area (Å²) in [5, 5.41) is 12.8. The number of carbonyl (C=O) groups excluding carboxylic acids is 2. The van der Waals surface area contributed by atoms with E-state index in [1.807, 2.05) is 18.5 Å². The summed E-state index contributed by atoms with van der Waals surface area (Å²) in [5.74, 6) is -0.139. The molecule has 0 unspecified atom stereocenters. The Kier molecular flexibility index (Phi) is 6.74. The predicted octanol–water partition coefficient (Wildman–Crippen LogP) is 2.43. The molecule has 8 heteroatoms. The highest BCUT2D eigenvalue weighted by Crippen LogP contribution is 2.15. The quantitative estimate of drug-likeness (QED) is 0.707. The molecule has 0 aliphatic carbocycles. The highest BCUT2D eigenvalue weighted by molar-refractivity contribution is 5.91. The van der Waals surface area contributed by atoms with E-state index in [1.165, 1.54) is 6.92 Å². The number of hydrogen-bond donors (Lipinski definition) is 3. The van der Waals surface area contributed by atoms with Crippen LogP contribution in [0.1, 0.15) is 23.9 Å². The van der Waals surface area contributed by atoms with Gasteiger partial charge in [-0.2, -0.15) is 5.10 Å². The Morgan fingerprint density at radius 2 is 1.73 bits per heavy atom. The van der Waals surface area contributed by atoms with Gasteiger partial charge in [-0.1, -0.05) is 0 Å². The van der Waals surface area contributed by atoms with E-state index in [-0.39, 0.29) is 11.9 Å². The van der Waals surface area contributed by atoms with Gasteiger partial charge in [-0.3, -0.25) is 9.48 Å². The Balaban J connectivity index is 1.90. The van der Waals surface area contributed by atoms with Crippen LogP contribution in [0.2, 0.25) is 0 Å². The third-order valence-corrected chi connectivity index (χ3v) is 3.93. The first kappa shape index (κ1) is 19.5. The first-order chi connectivity index (χ1) is 12.4. The molecule has 0 spiro atoms. The van der Waals surface area contributed by atoms with Gasteiger partial charge in [0.1, 0.15) is 0 Å². The lowest BCUT2D eigenvalue weighted by Crippen LogP contribution is -2.28. The fourth-order valence-electron chi connectivity index (χ4n) is 2.57. The number of rotatable bonds is 7. The molecule has 0 saturated carbocycles. The summed E-state index contributed by atoms with van der Waals surface area (Å²) in [4.78, 5) is 23.1. The molecule has 1 heterocycles. The lowest BCUT2D eigenvalue weighted by molar-refractivity contribution is -0.114. The molecule has 2 rings (SSSR count). The highest BCUT2D eigenvalue weighted by atomic mass is 16.5. The predicted molar refractivity (Wildman–Crippen MR) is 100 cm³/mol. The molecule has 8 nitrogen and oxygen atoms in total. The minimum atomic E-state index is -0.305. The number of aryl methyl sites for hydroxylation is 1. The number of methoxy groups -OCH3 is 1. The van der Waals surface area contributed by atoms with Crippen LogP contribution in [-0.4, -0.2) is 35.4 Å². The van der Waals surface area contributed by atoms with Crippen molar-refractivity contribution in [1.82, 2.24) is 15.1 Å². The standard InChI is InChI=1S/C18H25N5O3/c1-12-17(13(2)23(22-12)9-10-26-4)11-19-18(25)21-16-7-5-15(6-8-16)20-14(3)24/h5-8H,9-11H2,1-4H3,(H,20,24)(H2,19,21,25). The Hall–Kier alpha value is -2.87. The molecule has 0 aliphatic rings. The molecule has 0 saturated heterocycles. The number of carbonyl (C=O) groups is 2. The number of nitrogens with one attached hydrogen (secondary N) is 3. The Morgan fingerprint density at radius 3 is 2.31 bits per heavy atom. The number of amides is 3. The van der Waals surface area contributed by atoms with Crippen molar-refractivity contribution in [2.24, 2.45) is 0 Å². The zero-order valence-electron chi connectivity index (χ0n) is 15.5. The third-order valence-electron chi connectivity index (χ3n) is 3.93. The van der Waals surface area contributed by atoms with Crippen molar-refractivity contribution < 1.29 is 14.3 Å². The Bertz CT molecular complexity index is 768. The number of anilines is 2. The van der Waals surface area contributed by atoms with E-state index in [2.05, 4.69) is 21.0 Å². The fraction of sp³-hybridized carbons (Fsp3) is 0.389. The van der Waals surface area contributed by atoms with Gasteiger partial charge in [0.25, 0.3) is 0 Å². The topological polar surface area (TPSA) is 97.3 Å². The minimum absolute atomic E-state index is 0.139. The molecule has 3 amide bonds. The fourth-order valence-corrected chi connectivity index (χ4v) is 2.57. The summed E-state index contributed by atoms with van der Waals surface area (Å²) < 4.78 is 6.96. The summed E-state index contributed by atoms with van der Waals surface area (Å²) in [5.41, 5.74) is 4.22. The third kappa shape index (κ3) is 5.32. The minimum Gasteiger partial charge on any atom is -0.383 e. The van der Waals surface area contributed by atoms with Crippen molar-refractivity contribution in [3.8, 4) is 0 Å². The van der Waals surface area contributed by atoms with Crippen molar-refractivity contribution in [3.63, 3.8) is 0 Å². The maximum absolute atomic E-state index is 12.1. The van der Waals surface area contributed by atoms with Gasteiger partial charge < -0.3 is 20.7 Å². The van der Waals surface area contributed by atoms with Crippen LogP contribution in [-0.2, 0) is 22.6 Å². The van der Waals surface area contributed by atoms with Crippen LogP contribution in [0.3, 0.4) is 0 Å². The molecule has 140 valence electrons. The van der Waals surface area contributed by atoms with Gasteiger partial charge >= 0.3 is 6.03 Å². The van der Waals surface area contributed by atoms with Gasteiger partial charge in [0, 0.05) is 43.2 Å². The second-order valence-corrected chi connectivity index (χ2v) is 5.93. The van der Waals surface area contributed by atoms with Crippen molar-refractivity contribution in [2.75, 3.05) is 24.4 Å². The highest BCUT2D eigenvalue weighted by Gasteiger charge is 2.12. The molecule has 26 heavy (non-hydrogen) atoms. The van der Waals surface area contributed by atoms with Gasteiger partial charge in [0.05, 0.1) is 18.8 Å². The van der Waals surface area contributed by atoms with Crippen LogP contribution in [0.5, 0.6) is 0 Å². The molecule has 0 fully saturated rings. The number of benzene rings is 1. The maximum atomic E-state index is 12.1. The van der Waals surface area contributed by atoms with Crippen LogP contribution >= 0.6 is 0 Å².